The first-order chi connectivity index (χ1) is 10.5. The van der Waals surface area contributed by atoms with Crippen molar-refractivity contribution in [2.75, 3.05) is 5.32 Å². The third-order valence-electron chi connectivity index (χ3n) is 5.05. The number of amides is 1. The molecule has 1 aliphatic rings. The van der Waals surface area contributed by atoms with Gasteiger partial charge >= 0.3 is 5.97 Å². The fraction of sp³-hybridized carbons (Fsp3) is 0.750. The number of H-pyrrole nitrogens is 1. The minimum absolute atomic E-state index is 0.154. The number of nitrogens with zero attached hydrogens (tertiary/aromatic N) is 2. The van der Waals surface area contributed by atoms with Gasteiger partial charge in [0.15, 0.2) is 0 Å². The molecule has 0 bridgehead atoms. The Kier molecular flexibility index (Phi) is 4.26. The topological polar surface area (TPSA) is 97.0 Å². The summed E-state index contributed by atoms with van der Waals surface area (Å²) >= 11 is 0. The number of anilines is 1. The lowest BCUT2D eigenvalue weighted by molar-refractivity contribution is -0.173. The zero-order chi connectivity index (χ0) is 17.5. The van der Waals surface area contributed by atoms with Crippen LogP contribution in [0.5, 0.6) is 0 Å². The lowest BCUT2D eigenvalue weighted by atomic mass is 9.65. The Labute approximate surface area is 136 Å². The molecule has 1 aromatic rings. The van der Waals surface area contributed by atoms with E-state index in [4.69, 9.17) is 4.74 Å². The quantitative estimate of drug-likeness (QED) is 0.833. The summed E-state index contributed by atoms with van der Waals surface area (Å²) in [6, 6.07) is 0. The summed E-state index contributed by atoms with van der Waals surface area (Å²) in [4.78, 5) is 29.2. The van der Waals surface area contributed by atoms with Crippen LogP contribution in [0.15, 0.2) is 6.33 Å². The highest BCUT2D eigenvalue weighted by Crippen LogP contribution is 2.57. The third-order valence-corrected chi connectivity index (χ3v) is 5.05. The Morgan fingerprint density at radius 2 is 2.00 bits per heavy atom. The molecule has 7 heteroatoms. The highest BCUT2D eigenvalue weighted by atomic mass is 16.6. The number of nitrogens with one attached hydrogen (secondary N) is 2. The van der Waals surface area contributed by atoms with E-state index in [1.165, 1.54) is 6.33 Å². The van der Waals surface area contributed by atoms with Crippen LogP contribution in [0.4, 0.5) is 5.95 Å². The number of rotatable bonds is 3. The molecule has 2 rings (SSSR count). The van der Waals surface area contributed by atoms with Crippen LogP contribution in [0.2, 0.25) is 0 Å². The average Bonchev–Trinajstić information content (AvgIpc) is 2.96. The molecule has 0 unspecified atom stereocenters. The van der Waals surface area contributed by atoms with Crippen molar-refractivity contribution in [1.82, 2.24) is 15.2 Å². The van der Waals surface area contributed by atoms with Crippen molar-refractivity contribution >= 4 is 17.8 Å². The van der Waals surface area contributed by atoms with Crippen molar-refractivity contribution in [3.63, 3.8) is 0 Å². The SMILES string of the molecule is CC(C)(C)OC(=O)[C@]1(C)CC[C@H](C(=O)Nc2ncn[nH]2)C1(C)C. The minimum Gasteiger partial charge on any atom is -0.460 e. The normalized spacial score (nSPS) is 26.8. The van der Waals surface area contributed by atoms with E-state index in [-0.39, 0.29) is 17.8 Å². The van der Waals surface area contributed by atoms with E-state index in [0.717, 1.165) is 0 Å². The maximum atomic E-state index is 12.7. The van der Waals surface area contributed by atoms with Crippen LogP contribution >= 0.6 is 0 Å². The summed E-state index contributed by atoms with van der Waals surface area (Å²) in [5.74, 6) is -0.384. The van der Waals surface area contributed by atoms with Gasteiger partial charge in [0.05, 0.1) is 5.41 Å². The van der Waals surface area contributed by atoms with Crippen molar-refractivity contribution < 1.29 is 14.3 Å². The second-order valence-electron chi connectivity index (χ2n) is 7.97. The maximum absolute atomic E-state index is 12.7. The first-order valence-corrected chi connectivity index (χ1v) is 7.87. The summed E-state index contributed by atoms with van der Waals surface area (Å²) in [6.45, 7) is 11.4. The number of esters is 1. The Bertz CT molecular complexity index is 589. The van der Waals surface area contributed by atoms with Gasteiger partial charge < -0.3 is 4.74 Å². The molecular formula is C16H26N4O3. The van der Waals surface area contributed by atoms with E-state index in [9.17, 15) is 9.59 Å². The van der Waals surface area contributed by atoms with E-state index >= 15 is 0 Å². The molecule has 1 heterocycles. The van der Waals surface area contributed by atoms with Gasteiger partial charge in [-0.25, -0.2) is 5.10 Å². The van der Waals surface area contributed by atoms with Gasteiger partial charge in [-0.3, -0.25) is 14.9 Å². The Hall–Kier alpha value is -1.92. The lowest BCUT2D eigenvalue weighted by Gasteiger charge is -2.40. The Morgan fingerprint density at radius 3 is 2.52 bits per heavy atom. The first-order valence-electron chi connectivity index (χ1n) is 7.87. The highest BCUT2D eigenvalue weighted by Gasteiger charge is 2.59. The molecule has 1 amide bonds. The van der Waals surface area contributed by atoms with Gasteiger partial charge in [-0.1, -0.05) is 13.8 Å². The standard InChI is InChI=1S/C16H26N4O3/c1-14(2,3)23-12(22)16(6)8-7-10(15(16,4)5)11(21)19-13-17-9-18-20-13/h9-10H,7-8H2,1-6H3,(H2,17,18,19,20,21)/t10-,16+/m1/s1. The maximum Gasteiger partial charge on any atom is 0.312 e. The molecule has 0 saturated heterocycles. The van der Waals surface area contributed by atoms with Gasteiger partial charge in [0.25, 0.3) is 0 Å². The van der Waals surface area contributed by atoms with E-state index in [2.05, 4.69) is 20.5 Å². The highest BCUT2D eigenvalue weighted by molar-refractivity contribution is 5.93. The molecule has 2 N–H and O–H groups in total. The van der Waals surface area contributed by atoms with Crippen LogP contribution in [-0.4, -0.2) is 32.7 Å². The number of aromatic nitrogens is 3. The lowest BCUT2D eigenvalue weighted by Crippen LogP contribution is -2.46. The van der Waals surface area contributed by atoms with E-state index in [1.54, 1.807) is 0 Å². The van der Waals surface area contributed by atoms with Crippen molar-refractivity contribution in [2.24, 2.45) is 16.7 Å². The average molecular weight is 322 g/mol. The van der Waals surface area contributed by atoms with Crippen LogP contribution in [0.3, 0.4) is 0 Å². The van der Waals surface area contributed by atoms with Gasteiger partial charge in [-0.15, -0.1) is 0 Å². The Morgan fingerprint density at radius 1 is 1.35 bits per heavy atom. The number of ether oxygens (including phenoxy) is 1. The molecule has 0 aliphatic heterocycles. The van der Waals surface area contributed by atoms with Crippen LogP contribution < -0.4 is 5.32 Å². The molecule has 1 saturated carbocycles. The van der Waals surface area contributed by atoms with Crippen LogP contribution in [-0.2, 0) is 14.3 Å². The van der Waals surface area contributed by atoms with Crippen molar-refractivity contribution in [3.05, 3.63) is 6.33 Å². The summed E-state index contributed by atoms with van der Waals surface area (Å²) < 4.78 is 5.60. The summed E-state index contributed by atoms with van der Waals surface area (Å²) in [7, 11) is 0. The van der Waals surface area contributed by atoms with Gasteiger partial charge in [0.2, 0.25) is 11.9 Å². The summed E-state index contributed by atoms with van der Waals surface area (Å²) in [5.41, 5.74) is -1.78. The second kappa shape index (κ2) is 5.62. The van der Waals surface area contributed by atoms with Crippen molar-refractivity contribution in [3.8, 4) is 0 Å². The number of carbonyl (C=O) groups is 2. The predicted molar refractivity (Wildman–Crippen MR) is 85.5 cm³/mol. The molecule has 128 valence electrons. The second-order valence-corrected chi connectivity index (χ2v) is 7.97. The number of carbonyl (C=O) groups excluding carboxylic acids is 2. The summed E-state index contributed by atoms with van der Waals surface area (Å²) in [6.07, 6.45) is 2.58. The monoisotopic (exact) mass is 322 g/mol. The van der Waals surface area contributed by atoms with Crippen LogP contribution in [0.25, 0.3) is 0 Å². The van der Waals surface area contributed by atoms with E-state index < -0.39 is 16.4 Å². The molecule has 23 heavy (non-hydrogen) atoms. The van der Waals surface area contributed by atoms with Gasteiger partial charge in [0.1, 0.15) is 11.9 Å². The molecule has 2 atom stereocenters. The van der Waals surface area contributed by atoms with Gasteiger partial charge in [-0.05, 0) is 46.0 Å². The van der Waals surface area contributed by atoms with E-state index in [0.29, 0.717) is 18.8 Å². The molecule has 1 aromatic heterocycles. The fourth-order valence-electron chi connectivity index (χ4n) is 3.18. The van der Waals surface area contributed by atoms with Crippen molar-refractivity contribution in [2.45, 2.75) is 60.0 Å². The zero-order valence-corrected chi connectivity index (χ0v) is 14.7. The Balaban J connectivity index is 2.17. The van der Waals surface area contributed by atoms with Crippen LogP contribution in [0.1, 0.15) is 54.4 Å². The molecule has 0 aromatic carbocycles. The minimum atomic E-state index is -0.705. The smallest absolute Gasteiger partial charge is 0.312 e. The predicted octanol–water partition coefficient (Wildman–Crippen LogP) is 2.53. The zero-order valence-electron chi connectivity index (χ0n) is 14.7. The fourth-order valence-corrected chi connectivity index (χ4v) is 3.18. The van der Waals surface area contributed by atoms with Gasteiger partial charge in [0, 0.05) is 5.92 Å². The molecule has 0 radical (unpaired) electrons. The number of hydrogen-bond acceptors (Lipinski definition) is 5. The van der Waals surface area contributed by atoms with E-state index in [1.807, 2.05) is 41.5 Å². The van der Waals surface area contributed by atoms with Crippen LogP contribution in [0, 0.1) is 16.7 Å². The molecule has 1 fully saturated rings. The van der Waals surface area contributed by atoms with Crippen molar-refractivity contribution in [1.29, 1.82) is 0 Å². The molecule has 7 nitrogen and oxygen atoms in total. The largest absolute Gasteiger partial charge is 0.460 e. The molecular weight excluding hydrogens is 296 g/mol. The third kappa shape index (κ3) is 3.23. The molecule has 1 aliphatic carbocycles. The summed E-state index contributed by atoms with van der Waals surface area (Å²) in [5, 5.41) is 9.04. The number of aromatic amines is 1. The number of hydrogen-bond donors (Lipinski definition) is 2. The first kappa shape index (κ1) is 17.4. The van der Waals surface area contributed by atoms with Gasteiger partial charge in [-0.2, -0.15) is 10.1 Å². The molecule has 0 spiro atoms.